The van der Waals surface area contributed by atoms with E-state index >= 15 is 0 Å². The summed E-state index contributed by atoms with van der Waals surface area (Å²) in [6, 6.07) is 59.4. The maximum absolute atomic E-state index is 6.64. The van der Waals surface area contributed by atoms with Crippen LogP contribution in [0, 0.1) is 0 Å². The first-order valence-electron chi connectivity index (χ1n) is 19.4. The van der Waals surface area contributed by atoms with E-state index in [1.54, 1.807) is 0 Å². The molecule has 3 heterocycles. The molecule has 0 saturated heterocycles. The lowest BCUT2D eigenvalue weighted by Crippen LogP contribution is -2.16. The van der Waals surface area contributed by atoms with Gasteiger partial charge in [-0.05, 0) is 82.9 Å². The lowest BCUT2D eigenvalue weighted by atomic mass is 9.82. The zero-order valence-electron chi connectivity index (χ0n) is 31.3. The maximum atomic E-state index is 6.64. The molecule has 0 N–H and O–H groups in total. The summed E-state index contributed by atoms with van der Waals surface area (Å²) < 4.78 is 19.6. The van der Waals surface area contributed by atoms with Gasteiger partial charge in [0.05, 0.1) is 11.3 Å². The number of hydrogen-bond acceptors (Lipinski definition) is 5. The first kappa shape index (κ1) is 31.9. The van der Waals surface area contributed by atoms with E-state index < -0.39 is 0 Å². The normalized spacial score (nSPS) is 13.2. The fraction of sp³-hybridized carbons (Fsp3) is 0.0577. The van der Waals surface area contributed by atoms with Crippen molar-refractivity contribution in [3.63, 3.8) is 0 Å². The van der Waals surface area contributed by atoms with Crippen molar-refractivity contribution in [1.82, 2.24) is 4.98 Å². The number of aromatic nitrogens is 1. The molecule has 0 bridgehead atoms. The minimum atomic E-state index is -0.146. The number of anilines is 3. The molecule has 12 rings (SSSR count). The molecule has 270 valence electrons. The maximum Gasteiger partial charge on any atom is 0.227 e. The predicted octanol–water partition coefficient (Wildman–Crippen LogP) is 14.7. The molecule has 11 aromatic rings. The molecule has 0 spiro atoms. The Morgan fingerprint density at radius 2 is 1.12 bits per heavy atom. The summed E-state index contributed by atoms with van der Waals surface area (Å²) >= 11 is 0. The van der Waals surface area contributed by atoms with Crippen LogP contribution in [0.25, 0.3) is 88.7 Å². The summed E-state index contributed by atoms with van der Waals surface area (Å²) in [7, 11) is 0. The minimum absolute atomic E-state index is 0.146. The van der Waals surface area contributed by atoms with Gasteiger partial charge in [0.15, 0.2) is 5.58 Å². The highest BCUT2D eigenvalue weighted by molar-refractivity contribution is 6.17. The largest absolute Gasteiger partial charge is 0.456 e. The molecule has 0 unspecified atom stereocenters. The van der Waals surface area contributed by atoms with Gasteiger partial charge in [0.25, 0.3) is 0 Å². The third-order valence-electron chi connectivity index (χ3n) is 11.9. The van der Waals surface area contributed by atoms with Crippen LogP contribution in [0.1, 0.15) is 25.0 Å². The molecular formula is C52H34N2O3. The number of nitrogens with zero attached hydrogens (tertiary/aromatic N) is 2. The quantitative estimate of drug-likeness (QED) is 0.176. The van der Waals surface area contributed by atoms with Crippen molar-refractivity contribution >= 4 is 72.0 Å². The van der Waals surface area contributed by atoms with E-state index in [9.17, 15) is 0 Å². The van der Waals surface area contributed by atoms with Crippen molar-refractivity contribution < 1.29 is 13.3 Å². The topological polar surface area (TPSA) is 55.6 Å². The van der Waals surface area contributed by atoms with Crippen LogP contribution in [-0.2, 0) is 5.41 Å². The smallest absolute Gasteiger partial charge is 0.227 e. The molecular weight excluding hydrogens is 701 g/mol. The van der Waals surface area contributed by atoms with Gasteiger partial charge in [-0.25, -0.2) is 4.98 Å². The molecule has 1 aliphatic carbocycles. The van der Waals surface area contributed by atoms with Gasteiger partial charge in [0.2, 0.25) is 5.89 Å². The standard InChI is InChI=1S/C52H34N2O3/c1-52(2)40-18-9-6-17-38(40)48-41(52)19-12-20-42(48)54(34-27-28-37-35-15-7-10-21-43(35)55-45(37)29-34)33-25-23-31(24-26-33)47-49-46(57-51(53-49)32-13-4-3-5-14-32)30-39-36-16-8-11-22-44(36)56-50(39)47/h3-30H,1-2H3. The Balaban J connectivity index is 1.08. The fourth-order valence-electron chi connectivity index (χ4n) is 9.19. The van der Waals surface area contributed by atoms with Gasteiger partial charge in [-0.1, -0.05) is 117 Å². The van der Waals surface area contributed by atoms with Gasteiger partial charge >= 0.3 is 0 Å². The number of fused-ring (bicyclic) bond motifs is 10. The summed E-state index contributed by atoms with van der Waals surface area (Å²) in [4.78, 5) is 7.48. The van der Waals surface area contributed by atoms with E-state index in [0.29, 0.717) is 11.5 Å². The molecule has 57 heavy (non-hydrogen) atoms. The predicted molar refractivity (Wildman–Crippen MR) is 232 cm³/mol. The Hall–Kier alpha value is -7.37. The van der Waals surface area contributed by atoms with Gasteiger partial charge in [-0.2, -0.15) is 0 Å². The first-order chi connectivity index (χ1) is 28.0. The number of hydrogen-bond donors (Lipinski definition) is 0. The summed E-state index contributed by atoms with van der Waals surface area (Å²) in [6.45, 7) is 4.65. The SMILES string of the molecule is CC1(C)c2ccccc2-c2c(N(c3ccc(-c4c5nc(-c6ccccc6)oc5cc5c4oc4ccccc45)cc3)c3ccc4c(c3)oc3ccccc34)cccc21. The molecule has 0 atom stereocenters. The van der Waals surface area contributed by atoms with Crippen LogP contribution in [0.15, 0.2) is 183 Å². The zero-order chi connectivity index (χ0) is 37.8. The Morgan fingerprint density at radius 3 is 1.95 bits per heavy atom. The van der Waals surface area contributed by atoms with E-state index in [1.807, 2.05) is 60.7 Å². The summed E-state index contributed by atoms with van der Waals surface area (Å²) in [5.41, 5.74) is 15.8. The van der Waals surface area contributed by atoms with Crippen LogP contribution < -0.4 is 4.90 Å². The number of para-hydroxylation sites is 2. The molecule has 0 amide bonds. The van der Waals surface area contributed by atoms with Crippen molar-refractivity contribution in [2.45, 2.75) is 19.3 Å². The molecule has 0 radical (unpaired) electrons. The molecule has 5 nitrogen and oxygen atoms in total. The number of rotatable bonds is 5. The molecule has 5 heteroatoms. The minimum Gasteiger partial charge on any atom is -0.456 e. The van der Waals surface area contributed by atoms with E-state index in [-0.39, 0.29) is 5.41 Å². The van der Waals surface area contributed by atoms with Crippen LogP contribution in [0.4, 0.5) is 17.1 Å². The van der Waals surface area contributed by atoms with E-state index in [2.05, 4.69) is 128 Å². The highest BCUT2D eigenvalue weighted by Crippen LogP contribution is 2.54. The number of benzene rings is 8. The van der Waals surface area contributed by atoms with Crippen LogP contribution in [0.2, 0.25) is 0 Å². The lowest BCUT2D eigenvalue weighted by molar-refractivity contribution is 0.620. The number of oxazole rings is 1. The van der Waals surface area contributed by atoms with Crippen LogP contribution in [0.3, 0.4) is 0 Å². The van der Waals surface area contributed by atoms with Crippen molar-refractivity contribution in [1.29, 1.82) is 0 Å². The lowest BCUT2D eigenvalue weighted by Gasteiger charge is -2.29. The van der Waals surface area contributed by atoms with E-state index in [4.69, 9.17) is 18.2 Å². The Morgan fingerprint density at radius 1 is 0.456 bits per heavy atom. The number of furan rings is 2. The molecule has 0 fully saturated rings. The van der Waals surface area contributed by atoms with Crippen molar-refractivity contribution in [3.8, 4) is 33.7 Å². The van der Waals surface area contributed by atoms with Crippen molar-refractivity contribution in [3.05, 3.63) is 181 Å². The Bertz CT molecular complexity index is 3380. The van der Waals surface area contributed by atoms with E-state index in [1.165, 1.54) is 22.3 Å². The average Bonchev–Trinajstić information content (AvgIpc) is 4.01. The first-order valence-corrected chi connectivity index (χ1v) is 19.4. The van der Waals surface area contributed by atoms with Crippen molar-refractivity contribution in [2.24, 2.45) is 0 Å². The average molecular weight is 735 g/mol. The van der Waals surface area contributed by atoms with E-state index in [0.717, 1.165) is 83.1 Å². The van der Waals surface area contributed by atoms with Gasteiger partial charge in [-0.15, -0.1) is 0 Å². The Kier molecular flexibility index (Phi) is 6.62. The third kappa shape index (κ3) is 4.66. The van der Waals surface area contributed by atoms with Crippen LogP contribution in [0.5, 0.6) is 0 Å². The molecule has 0 aliphatic heterocycles. The monoisotopic (exact) mass is 734 g/mol. The summed E-state index contributed by atoms with van der Waals surface area (Å²) in [5, 5.41) is 4.24. The summed E-state index contributed by atoms with van der Waals surface area (Å²) in [6.07, 6.45) is 0. The second-order valence-electron chi connectivity index (χ2n) is 15.5. The van der Waals surface area contributed by atoms with Gasteiger partial charge in [-0.3, -0.25) is 0 Å². The van der Waals surface area contributed by atoms with Crippen LogP contribution >= 0.6 is 0 Å². The second-order valence-corrected chi connectivity index (χ2v) is 15.5. The van der Waals surface area contributed by atoms with Gasteiger partial charge in [0, 0.05) is 55.5 Å². The molecule has 8 aromatic carbocycles. The Labute approximate surface area is 328 Å². The van der Waals surface area contributed by atoms with Crippen LogP contribution in [-0.4, -0.2) is 4.98 Å². The fourth-order valence-corrected chi connectivity index (χ4v) is 9.19. The second kappa shape index (κ2) is 11.8. The van der Waals surface area contributed by atoms with Crippen molar-refractivity contribution in [2.75, 3.05) is 4.90 Å². The zero-order valence-corrected chi connectivity index (χ0v) is 31.3. The molecule has 3 aromatic heterocycles. The highest BCUT2D eigenvalue weighted by Gasteiger charge is 2.37. The van der Waals surface area contributed by atoms with Gasteiger partial charge in [0.1, 0.15) is 27.8 Å². The molecule has 1 aliphatic rings. The van der Waals surface area contributed by atoms with Gasteiger partial charge < -0.3 is 18.2 Å². The highest BCUT2D eigenvalue weighted by atomic mass is 16.4. The molecule has 0 saturated carbocycles. The summed E-state index contributed by atoms with van der Waals surface area (Å²) in [5.74, 6) is 0.578. The third-order valence-corrected chi connectivity index (χ3v) is 11.9.